The fourth-order valence-corrected chi connectivity index (χ4v) is 4.90. The van der Waals surface area contributed by atoms with E-state index in [1.54, 1.807) is 0 Å². The number of anilines is 1. The van der Waals surface area contributed by atoms with Gasteiger partial charge in [0, 0.05) is 11.6 Å². The minimum Gasteiger partial charge on any atom is -0.377 e. The highest BCUT2D eigenvalue weighted by molar-refractivity contribution is 5.86. The van der Waals surface area contributed by atoms with E-state index in [2.05, 4.69) is 85.9 Å². The molecule has 3 aromatic rings. The highest BCUT2D eigenvalue weighted by Gasteiger charge is 2.38. The normalized spacial score (nSPS) is 24.0. The largest absolute Gasteiger partial charge is 0.377 e. The van der Waals surface area contributed by atoms with Crippen molar-refractivity contribution < 1.29 is 0 Å². The zero-order valence-electron chi connectivity index (χ0n) is 14.8. The van der Waals surface area contributed by atoms with Crippen LogP contribution in [-0.4, -0.2) is 0 Å². The molecule has 0 amide bonds. The maximum Gasteiger partial charge on any atom is 0.0560 e. The Balaban J connectivity index is 1.70. The van der Waals surface area contributed by atoms with E-state index in [0.717, 1.165) is 6.42 Å². The lowest BCUT2D eigenvalue weighted by molar-refractivity contribution is 0.427. The molecule has 3 atom stereocenters. The second-order valence-corrected chi connectivity index (χ2v) is 7.59. The molecule has 0 radical (unpaired) electrons. The van der Waals surface area contributed by atoms with Crippen molar-refractivity contribution in [2.24, 2.45) is 5.92 Å². The standard InChI is InChI=1S/C24H23N/c1-15-13-16(2)23-22(14-15)19-10-6-12-21(19)24(25-23)20-11-5-8-17-7-3-4-9-18(17)20/h3-11,13-14,19,21,24-25H,12H2,1-2H3/t19-,21+,24+/m1/s1. The quantitative estimate of drug-likeness (QED) is 0.519. The summed E-state index contributed by atoms with van der Waals surface area (Å²) in [7, 11) is 0. The molecule has 1 nitrogen and oxygen atoms in total. The van der Waals surface area contributed by atoms with Crippen molar-refractivity contribution in [1.29, 1.82) is 0 Å². The van der Waals surface area contributed by atoms with Crippen LogP contribution in [0.25, 0.3) is 10.8 Å². The van der Waals surface area contributed by atoms with Crippen molar-refractivity contribution in [1.82, 2.24) is 0 Å². The molecule has 0 saturated heterocycles. The number of rotatable bonds is 1. The van der Waals surface area contributed by atoms with Gasteiger partial charge < -0.3 is 5.32 Å². The predicted molar refractivity (Wildman–Crippen MR) is 106 cm³/mol. The van der Waals surface area contributed by atoms with E-state index >= 15 is 0 Å². The Labute approximate surface area is 149 Å². The highest BCUT2D eigenvalue weighted by Crippen LogP contribution is 2.51. The molecule has 1 aliphatic carbocycles. The van der Waals surface area contributed by atoms with Gasteiger partial charge in [-0.3, -0.25) is 0 Å². The smallest absolute Gasteiger partial charge is 0.0560 e. The van der Waals surface area contributed by atoms with Crippen LogP contribution in [0.15, 0.2) is 66.7 Å². The lowest BCUT2D eigenvalue weighted by atomic mass is 9.75. The van der Waals surface area contributed by atoms with Gasteiger partial charge in [0.1, 0.15) is 0 Å². The molecule has 0 saturated carbocycles. The summed E-state index contributed by atoms with van der Waals surface area (Å²) in [5.41, 5.74) is 6.98. The van der Waals surface area contributed by atoms with Crippen LogP contribution in [0.3, 0.4) is 0 Å². The van der Waals surface area contributed by atoms with E-state index in [4.69, 9.17) is 0 Å². The first-order valence-electron chi connectivity index (χ1n) is 9.24. The number of hydrogen-bond donors (Lipinski definition) is 1. The molecular formula is C24H23N. The Hall–Kier alpha value is -2.54. The average Bonchev–Trinajstić information content (AvgIpc) is 3.11. The van der Waals surface area contributed by atoms with Crippen molar-refractivity contribution in [2.75, 3.05) is 5.32 Å². The molecule has 0 aromatic heterocycles. The summed E-state index contributed by atoms with van der Waals surface area (Å²) < 4.78 is 0. The van der Waals surface area contributed by atoms with E-state index in [1.807, 2.05) is 0 Å². The Morgan fingerprint density at radius 2 is 1.76 bits per heavy atom. The fraction of sp³-hybridized carbons (Fsp3) is 0.250. The molecule has 1 heteroatoms. The Bertz CT molecular complexity index is 993. The van der Waals surface area contributed by atoms with E-state index in [9.17, 15) is 0 Å². The van der Waals surface area contributed by atoms with Crippen molar-refractivity contribution in [2.45, 2.75) is 32.2 Å². The van der Waals surface area contributed by atoms with Crippen molar-refractivity contribution in [3.63, 3.8) is 0 Å². The van der Waals surface area contributed by atoms with Crippen LogP contribution in [0.1, 0.15) is 40.6 Å². The molecule has 0 unspecified atom stereocenters. The molecule has 2 aliphatic rings. The third-order valence-electron chi connectivity index (χ3n) is 5.97. The first-order valence-corrected chi connectivity index (χ1v) is 9.24. The van der Waals surface area contributed by atoms with Gasteiger partial charge >= 0.3 is 0 Å². The van der Waals surface area contributed by atoms with Crippen molar-refractivity contribution >= 4 is 16.5 Å². The number of allylic oxidation sites excluding steroid dienone is 2. The molecule has 0 bridgehead atoms. The summed E-state index contributed by atoms with van der Waals surface area (Å²) in [6.07, 6.45) is 5.96. The highest BCUT2D eigenvalue weighted by atomic mass is 15.0. The van der Waals surface area contributed by atoms with Crippen LogP contribution in [0, 0.1) is 19.8 Å². The molecule has 0 spiro atoms. The summed E-state index contributed by atoms with van der Waals surface area (Å²) in [5.74, 6) is 1.12. The van der Waals surface area contributed by atoms with E-state index in [0.29, 0.717) is 17.9 Å². The summed E-state index contributed by atoms with van der Waals surface area (Å²) in [6, 6.07) is 20.5. The molecule has 3 aromatic carbocycles. The third kappa shape index (κ3) is 2.22. The van der Waals surface area contributed by atoms with Gasteiger partial charge in [0.2, 0.25) is 0 Å². The first kappa shape index (κ1) is 14.8. The molecule has 124 valence electrons. The molecular weight excluding hydrogens is 302 g/mol. The maximum atomic E-state index is 3.93. The molecule has 1 heterocycles. The Kier molecular flexibility index (Phi) is 3.24. The number of benzene rings is 3. The number of fused-ring (bicyclic) bond motifs is 4. The zero-order chi connectivity index (χ0) is 17.0. The third-order valence-corrected chi connectivity index (χ3v) is 5.97. The second kappa shape index (κ2) is 5.49. The summed E-state index contributed by atoms with van der Waals surface area (Å²) in [6.45, 7) is 4.44. The van der Waals surface area contributed by atoms with Crippen LogP contribution in [0.5, 0.6) is 0 Å². The van der Waals surface area contributed by atoms with E-state index < -0.39 is 0 Å². The number of aryl methyl sites for hydroxylation is 2. The van der Waals surface area contributed by atoms with Crippen LogP contribution in [0.4, 0.5) is 5.69 Å². The zero-order valence-corrected chi connectivity index (χ0v) is 14.8. The number of nitrogens with one attached hydrogen (secondary N) is 1. The van der Waals surface area contributed by atoms with Gasteiger partial charge in [0.25, 0.3) is 0 Å². The van der Waals surface area contributed by atoms with Crippen LogP contribution >= 0.6 is 0 Å². The minimum absolute atomic E-state index is 0.361. The summed E-state index contributed by atoms with van der Waals surface area (Å²) in [5, 5.41) is 6.64. The van der Waals surface area contributed by atoms with E-state index in [-0.39, 0.29) is 0 Å². The van der Waals surface area contributed by atoms with Crippen LogP contribution < -0.4 is 5.32 Å². The van der Waals surface area contributed by atoms with Gasteiger partial charge in [-0.1, -0.05) is 72.3 Å². The molecule has 0 fully saturated rings. The number of hydrogen-bond acceptors (Lipinski definition) is 1. The lowest BCUT2D eigenvalue weighted by Gasteiger charge is -2.39. The summed E-state index contributed by atoms with van der Waals surface area (Å²) in [4.78, 5) is 0. The molecule has 5 rings (SSSR count). The monoisotopic (exact) mass is 325 g/mol. The Morgan fingerprint density at radius 1 is 0.920 bits per heavy atom. The van der Waals surface area contributed by atoms with Crippen molar-refractivity contribution in [3.05, 3.63) is 89.0 Å². The SMILES string of the molecule is Cc1cc(C)c2c(c1)[C@@H]1C=CC[C@@H]1[C@H](c1cccc3ccccc13)N2. The lowest BCUT2D eigenvalue weighted by Crippen LogP contribution is -2.29. The first-order chi connectivity index (χ1) is 12.2. The Morgan fingerprint density at radius 3 is 2.68 bits per heavy atom. The average molecular weight is 325 g/mol. The summed E-state index contributed by atoms with van der Waals surface area (Å²) >= 11 is 0. The van der Waals surface area contributed by atoms with Crippen LogP contribution in [-0.2, 0) is 0 Å². The molecule has 1 N–H and O–H groups in total. The van der Waals surface area contributed by atoms with Gasteiger partial charge in [0.15, 0.2) is 0 Å². The van der Waals surface area contributed by atoms with Gasteiger partial charge in [0.05, 0.1) is 6.04 Å². The second-order valence-electron chi connectivity index (χ2n) is 7.59. The maximum absolute atomic E-state index is 3.93. The molecule has 1 aliphatic heterocycles. The topological polar surface area (TPSA) is 12.0 Å². The predicted octanol–water partition coefficient (Wildman–Crippen LogP) is 6.28. The molecule has 25 heavy (non-hydrogen) atoms. The fourth-order valence-electron chi connectivity index (χ4n) is 4.90. The van der Waals surface area contributed by atoms with Gasteiger partial charge in [-0.05, 0) is 53.6 Å². The van der Waals surface area contributed by atoms with Gasteiger partial charge in [-0.25, -0.2) is 0 Å². The van der Waals surface area contributed by atoms with Gasteiger partial charge in [-0.2, -0.15) is 0 Å². The van der Waals surface area contributed by atoms with Crippen LogP contribution in [0.2, 0.25) is 0 Å². The van der Waals surface area contributed by atoms with Crippen molar-refractivity contribution in [3.8, 4) is 0 Å². The van der Waals surface area contributed by atoms with E-state index in [1.165, 1.54) is 38.7 Å². The van der Waals surface area contributed by atoms with Gasteiger partial charge in [-0.15, -0.1) is 0 Å². The minimum atomic E-state index is 0.361.